The third-order valence-corrected chi connectivity index (χ3v) is 5.11. The first kappa shape index (κ1) is 20.8. The number of benzene rings is 1. The van der Waals surface area contributed by atoms with Crippen molar-refractivity contribution in [1.29, 1.82) is 0 Å². The fourth-order valence-electron chi connectivity index (χ4n) is 3.41. The molecule has 0 unspecified atom stereocenters. The number of nitrogens with one attached hydrogen (secondary N) is 1. The molecule has 4 rings (SSSR count). The molecular formula is C22H23F2N5O2. The largest absolute Gasteiger partial charge is 0.494 e. The summed E-state index contributed by atoms with van der Waals surface area (Å²) in [5, 5.41) is 3.07. The summed E-state index contributed by atoms with van der Waals surface area (Å²) in [6.45, 7) is 3.30. The zero-order valence-electron chi connectivity index (χ0n) is 17.4. The molecule has 3 heterocycles. The monoisotopic (exact) mass is 427 g/mol. The van der Waals surface area contributed by atoms with Crippen LogP contribution in [0.5, 0.6) is 11.5 Å². The van der Waals surface area contributed by atoms with E-state index in [0.717, 1.165) is 24.6 Å². The molecule has 162 valence electrons. The quantitative estimate of drug-likeness (QED) is 0.600. The van der Waals surface area contributed by atoms with Gasteiger partial charge in [-0.3, -0.25) is 0 Å². The normalized spacial score (nSPS) is 13.4. The minimum absolute atomic E-state index is 0.0299. The first-order valence-corrected chi connectivity index (χ1v) is 9.99. The third-order valence-electron chi connectivity index (χ3n) is 5.11. The lowest BCUT2D eigenvalue weighted by Gasteiger charge is -2.16. The molecule has 1 fully saturated rings. The summed E-state index contributed by atoms with van der Waals surface area (Å²) in [7, 11) is 1.33. The molecule has 0 saturated carbocycles. The summed E-state index contributed by atoms with van der Waals surface area (Å²) in [5.41, 5.74) is 0.827. The van der Waals surface area contributed by atoms with Crippen LogP contribution in [-0.2, 0) is 6.61 Å². The lowest BCUT2D eigenvalue weighted by Crippen LogP contribution is -2.18. The van der Waals surface area contributed by atoms with E-state index >= 15 is 0 Å². The van der Waals surface area contributed by atoms with E-state index in [1.165, 1.54) is 45.3 Å². The summed E-state index contributed by atoms with van der Waals surface area (Å²) in [5.74, 6) is 0.125. The average molecular weight is 427 g/mol. The Bertz CT molecular complexity index is 1040. The van der Waals surface area contributed by atoms with Gasteiger partial charge in [0.25, 0.3) is 0 Å². The van der Waals surface area contributed by atoms with Crippen molar-refractivity contribution in [2.75, 3.05) is 30.4 Å². The van der Waals surface area contributed by atoms with Gasteiger partial charge in [-0.15, -0.1) is 0 Å². The predicted octanol–water partition coefficient (Wildman–Crippen LogP) is 4.39. The van der Waals surface area contributed by atoms with Crippen molar-refractivity contribution in [2.24, 2.45) is 0 Å². The molecule has 0 amide bonds. The first-order chi connectivity index (χ1) is 15.0. The van der Waals surface area contributed by atoms with Gasteiger partial charge < -0.3 is 19.7 Å². The van der Waals surface area contributed by atoms with Crippen molar-refractivity contribution in [1.82, 2.24) is 15.0 Å². The minimum Gasteiger partial charge on any atom is -0.494 e. The highest BCUT2D eigenvalue weighted by atomic mass is 19.1. The van der Waals surface area contributed by atoms with Crippen molar-refractivity contribution in [2.45, 2.75) is 26.4 Å². The maximum atomic E-state index is 14.4. The molecule has 0 spiro atoms. The number of hydrogen-bond acceptors (Lipinski definition) is 7. The number of nitrogens with zero attached hydrogens (tertiary/aromatic N) is 4. The number of rotatable bonds is 7. The highest BCUT2D eigenvalue weighted by Gasteiger charge is 2.18. The molecule has 1 saturated heterocycles. The van der Waals surface area contributed by atoms with Crippen LogP contribution in [0.4, 0.5) is 26.2 Å². The molecule has 0 bridgehead atoms. The number of anilines is 3. The number of aromatic nitrogens is 3. The maximum absolute atomic E-state index is 14.4. The molecule has 7 nitrogen and oxygen atoms in total. The summed E-state index contributed by atoms with van der Waals surface area (Å²) in [6, 6.07) is 5.19. The lowest BCUT2D eigenvalue weighted by molar-refractivity contribution is 0.285. The van der Waals surface area contributed by atoms with E-state index in [1.807, 2.05) is 12.1 Å². The van der Waals surface area contributed by atoms with Gasteiger partial charge in [0.2, 0.25) is 5.95 Å². The van der Waals surface area contributed by atoms with E-state index in [9.17, 15) is 8.78 Å². The predicted molar refractivity (Wildman–Crippen MR) is 113 cm³/mol. The molecule has 3 aromatic rings. The second-order valence-corrected chi connectivity index (χ2v) is 7.26. The van der Waals surface area contributed by atoms with E-state index in [2.05, 4.69) is 25.2 Å². The number of halogens is 2. The minimum atomic E-state index is -0.783. The van der Waals surface area contributed by atoms with Crippen molar-refractivity contribution >= 4 is 17.5 Å². The number of hydrogen-bond donors (Lipinski definition) is 1. The fraction of sp³-hybridized carbons (Fsp3) is 0.318. The SMILES string of the molecule is COc1cc(C)c(F)c(COc2cnc(Nc3ccc(N4CCCC4)nc3)nc2)c1F. The molecule has 0 radical (unpaired) electrons. The summed E-state index contributed by atoms with van der Waals surface area (Å²) in [4.78, 5) is 15.1. The van der Waals surface area contributed by atoms with Crippen molar-refractivity contribution < 1.29 is 18.3 Å². The number of pyridine rings is 1. The molecule has 0 aliphatic carbocycles. The van der Waals surface area contributed by atoms with Gasteiger partial charge in [0.05, 0.1) is 37.0 Å². The molecule has 1 aliphatic rings. The van der Waals surface area contributed by atoms with E-state index in [4.69, 9.17) is 9.47 Å². The number of ether oxygens (including phenoxy) is 2. The van der Waals surface area contributed by atoms with Gasteiger partial charge in [-0.2, -0.15) is 0 Å². The average Bonchev–Trinajstić information content (AvgIpc) is 3.33. The summed E-state index contributed by atoms with van der Waals surface area (Å²) in [6.07, 6.45) is 6.99. The lowest BCUT2D eigenvalue weighted by atomic mass is 10.1. The van der Waals surface area contributed by atoms with Gasteiger partial charge in [-0.25, -0.2) is 23.7 Å². The van der Waals surface area contributed by atoms with Gasteiger partial charge in [-0.1, -0.05) is 0 Å². The maximum Gasteiger partial charge on any atom is 0.227 e. The molecule has 9 heteroatoms. The van der Waals surface area contributed by atoms with E-state index < -0.39 is 11.6 Å². The third kappa shape index (κ3) is 4.65. The number of methoxy groups -OCH3 is 1. The Morgan fingerprint density at radius 3 is 2.42 bits per heavy atom. The summed E-state index contributed by atoms with van der Waals surface area (Å²) >= 11 is 0. The molecule has 0 atom stereocenters. The molecule has 1 N–H and O–H groups in total. The topological polar surface area (TPSA) is 72.4 Å². The van der Waals surface area contributed by atoms with Crippen LogP contribution in [0, 0.1) is 18.6 Å². The Morgan fingerprint density at radius 1 is 1.03 bits per heavy atom. The van der Waals surface area contributed by atoms with Crippen molar-refractivity contribution in [3.8, 4) is 11.5 Å². The highest BCUT2D eigenvalue weighted by Crippen LogP contribution is 2.27. The molecular weight excluding hydrogens is 404 g/mol. The van der Waals surface area contributed by atoms with Gasteiger partial charge in [0, 0.05) is 13.1 Å². The van der Waals surface area contributed by atoms with Crippen LogP contribution in [0.1, 0.15) is 24.0 Å². The van der Waals surface area contributed by atoms with Crippen LogP contribution < -0.4 is 19.7 Å². The van der Waals surface area contributed by atoms with E-state index in [1.54, 1.807) is 6.20 Å². The zero-order chi connectivity index (χ0) is 21.8. The van der Waals surface area contributed by atoms with E-state index in [-0.39, 0.29) is 29.2 Å². The molecule has 31 heavy (non-hydrogen) atoms. The Balaban J connectivity index is 1.38. The first-order valence-electron chi connectivity index (χ1n) is 9.99. The second-order valence-electron chi connectivity index (χ2n) is 7.26. The smallest absolute Gasteiger partial charge is 0.227 e. The van der Waals surface area contributed by atoms with Gasteiger partial charge >= 0.3 is 0 Å². The highest BCUT2D eigenvalue weighted by molar-refractivity contribution is 5.55. The van der Waals surface area contributed by atoms with Crippen LogP contribution in [-0.4, -0.2) is 35.2 Å². The van der Waals surface area contributed by atoms with Crippen LogP contribution in [0.25, 0.3) is 0 Å². The van der Waals surface area contributed by atoms with Crippen LogP contribution in [0.2, 0.25) is 0 Å². The van der Waals surface area contributed by atoms with Gasteiger partial charge in [0.15, 0.2) is 17.3 Å². The molecule has 1 aromatic carbocycles. The van der Waals surface area contributed by atoms with Crippen LogP contribution >= 0.6 is 0 Å². The Morgan fingerprint density at radius 2 is 1.77 bits per heavy atom. The second kappa shape index (κ2) is 9.11. The van der Waals surface area contributed by atoms with E-state index in [0.29, 0.717) is 5.95 Å². The standard InChI is InChI=1S/C22H23F2N5O2/c1-14-9-18(30-2)21(24)17(20(14)23)13-31-16-11-26-22(27-12-16)28-15-5-6-19(25-10-15)29-7-3-4-8-29/h5-6,9-12H,3-4,7-8,13H2,1-2H3,(H,26,27,28). The van der Waals surface area contributed by atoms with Crippen LogP contribution in [0.15, 0.2) is 36.8 Å². The van der Waals surface area contributed by atoms with Gasteiger partial charge in [-0.05, 0) is 43.5 Å². The number of aryl methyl sites for hydroxylation is 1. The summed E-state index contributed by atoms with van der Waals surface area (Å²) < 4.78 is 39.1. The Labute approximate surface area is 179 Å². The van der Waals surface area contributed by atoms with Crippen molar-refractivity contribution in [3.05, 3.63) is 59.6 Å². The molecule has 2 aromatic heterocycles. The van der Waals surface area contributed by atoms with Crippen LogP contribution in [0.3, 0.4) is 0 Å². The Hall–Kier alpha value is -3.49. The molecule has 1 aliphatic heterocycles. The zero-order valence-corrected chi connectivity index (χ0v) is 17.4. The van der Waals surface area contributed by atoms with Crippen molar-refractivity contribution in [3.63, 3.8) is 0 Å². The fourth-order valence-corrected chi connectivity index (χ4v) is 3.41. The van der Waals surface area contributed by atoms with Gasteiger partial charge in [0.1, 0.15) is 18.2 Å². The Kier molecular flexibility index (Phi) is 6.11.